The number of carbonyl (C=O) groups is 1. The van der Waals surface area contributed by atoms with Crippen LogP contribution in [0, 0.1) is 0 Å². The first-order valence-electron chi connectivity index (χ1n) is 10.3. The van der Waals surface area contributed by atoms with E-state index in [4.69, 9.17) is 0 Å². The van der Waals surface area contributed by atoms with Crippen LogP contribution >= 0.6 is 0 Å². The molecular weight excluding hydrogens is 350 g/mol. The Balaban J connectivity index is 1.51. The van der Waals surface area contributed by atoms with Crippen LogP contribution in [0.4, 0.5) is 5.69 Å². The molecule has 2 aliphatic heterocycles. The third-order valence-electron chi connectivity index (χ3n) is 5.92. The van der Waals surface area contributed by atoms with E-state index in [1.165, 1.54) is 6.42 Å². The predicted molar refractivity (Wildman–Crippen MR) is 112 cm³/mol. The number of piperazine rings is 1. The molecule has 0 bridgehead atoms. The van der Waals surface area contributed by atoms with Gasteiger partial charge >= 0.3 is 0 Å². The van der Waals surface area contributed by atoms with Gasteiger partial charge in [-0.05, 0) is 37.0 Å². The van der Waals surface area contributed by atoms with Gasteiger partial charge in [0.25, 0.3) is 0 Å². The minimum Gasteiger partial charge on any atom is -0.506 e. The summed E-state index contributed by atoms with van der Waals surface area (Å²) in [6, 6.07) is 17.4. The van der Waals surface area contributed by atoms with Gasteiger partial charge in [0, 0.05) is 39.3 Å². The number of nitrogens with zero attached hydrogens (tertiary/aromatic N) is 3. The van der Waals surface area contributed by atoms with Crippen molar-refractivity contribution >= 4 is 11.6 Å². The van der Waals surface area contributed by atoms with Crippen LogP contribution in [0.2, 0.25) is 0 Å². The van der Waals surface area contributed by atoms with Gasteiger partial charge in [-0.2, -0.15) is 0 Å². The van der Waals surface area contributed by atoms with E-state index in [-0.39, 0.29) is 11.9 Å². The zero-order valence-electron chi connectivity index (χ0n) is 16.3. The average Bonchev–Trinajstić information content (AvgIpc) is 2.76. The molecule has 2 fully saturated rings. The SMILES string of the molecule is O=C(C(c1ccccc1)N1CCN(c2ccccc2O)CC1)N1CCCCC1. The van der Waals surface area contributed by atoms with Gasteiger partial charge in [0.15, 0.2) is 0 Å². The summed E-state index contributed by atoms with van der Waals surface area (Å²) >= 11 is 0. The van der Waals surface area contributed by atoms with Gasteiger partial charge in [-0.25, -0.2) is 0 Å². The molecule has 1 unspecified atom stereocenters. The zero-order valence-corrected chi connectivity index (χ0v) is 16.3. The van der Waals surface area contributed by atoms with E-state index in [1.54, 1.807) is 6.07 Å². The predicted octanol–water partition coefficient (Wildman–Crippen LogP) is 3.27. The quantitative estimate of drug-likeness (QED) is 0.886. The van der Waals surface area contributed by atoms with E-state index in [0.717, 1.165) is 63.4 Å². The van der Waals surface area contributed by atoms with E-state index in [9.17, 15) is 9.90 Å². The van der Waals surface area contributed by atoms with E-state index >= 15 is 0 Å². The number of hydrogen-bond donors (Lipinski definition) is 1. The monoisotopic (exact) mass is 379 g/mol. The molecule has 148 valence electrons. The highest BCUT2D eigenvalue weighted by Crippen LogP contribution is 2.30. The van der Waals surface area contributed by atoms with Crippen molar-refractivity contribution in [2.24, 2.45) is 0 Å². The molecule has 2 saturated heterocycles. The first-order chi connectivity index (χ1) is 13.7. The number of rotatable bonds is 4. The maximum Gasteiger partial charge on any atom is 0.244 e. The fourth-order valence-corrected chi connectivity index (χ4v) is 4.38. The molecular formula is C23H29N3O2. The van der Waals surface area contributed by atoms with E-state index in [1.807, 2.05) is 36.4 Å². The van der Waals surface area contributed by atoms with Crippen LogP contribution in [-0.4, -0.2) is 60.1 Å². The number of piperidine rings is 1. The van der Waals surface area contributed by atoms with Gasteiger partial charge in [0.05, 0.1) is 5.69 Å². The van der Waals surface area contributed by atoms with Crippen molar-refractivity contribution in [2.45, 2.75) is 25.3 Å². The second kappa shape index (κ2) is 8.65. The van der Waals surface area contributed by atoms with Crippen molar-refractivity contribution in [3.8, 4) is 5.75 Å². The molecule has 1 N–H and O–H groups in total. The number of amides is 1. The van der Waals surface area contributed by atoms with Gasteiger partial charge in [-0.15, -0.1) is 0 Å². The molecule has 0 aromatic heterocycles. The smallest absolute Gasteiger partial charge is 0.244 e. The lowest BCUT2D eigenvalue weighted by molar-refractivity contribution is -0.138. The highest BCUT2D eigenvalue weighted by Gasteiger charge is 2.34. The Kier molecular flexibility index (Phi) is 5.81. The first kappa shape index (κ1) is 18.8. The molecule has 1 atom stereocenters. The lowest BCUT2D eigenvalue weighted by Crippen LogP contribution is -2.52. The lowest BCUT2D eigenvalue weighted by atomic mass is 10.0. The number of aromatic hydroxyl groups is 1. The number of phenolic OH excluding ortho intramolecular Hbond substituents is 1. The Labute approximate surface area is 167 Å². The molecule has 2 aromatic rings. The molecule has 0 spiro atoms. The summed E-state index contributed by atoms with van der Waals surface area (Å²) in [6.07, 6.45) is 3.43. The number of phenols is 1. The van der Waals surface area contributed by atoms with Crippen molar-refractivity contribution in [3.05, 3.63) is 60.2 Å². The summed E-state index contributed by atoms with van der Waals surface area (Å²) in [6.45, 7) is 4.95. The molecule has 1 amide bonds. The first-order valence-corrected chi connectivity index (χ1v) is 10.3. The number of benzene rings is 2. The summed E-state index contributed by atoms with van der Waals surface area (Å²) < 4.78 is 0. The fraction of sp³-hybridized carbons (Fsp3) is 0.435. The van der Waals surface area contributed by atoms with Crippen LogP contribution in [0.5, 0.6) is 5.75 Å². The number of carbonyl (C=O) groups excluding carboxylic acids is 1. The van der Waals surface area contributed by atoms with Gasteiger partial charge in [0.2, 0.25) is 5.91 Å². The minimum atomic E-state index is -0.217. The molecule has 0 radical (unpaired) electrons. The third-order valence-corrected chi connectivity index (χ3v) is 5.92. The molecule has 2 aliphatic rings. The van der Waals surface area contributed by atoms with Gasteiger partial charge in [-0.1, -0.05) is 42.5 Å². The largest absolute Gasteiger partial charge is 0.506 e. The normalized spacial score (nSPS) is 19.4. The summed E-state index contributed by atoms with van der Waals surface area (Å²) in [7, 11) is 0. The van der Waals surface area contributed by atoms with Crippen LogP contribution in [-0.2, 0) is 4.79 Å². The number of para-hydroxylation sites is 2. The van der Waals surface area contributed by atoms with Crippen molar-refractivity contribution in [3.63, 3.8) is 0 Å². The van der Waals surface area contributed by atoms with Crippen LogP contribution in [0.25, 0.3) is 0 Å². The van der Waals surface area contributed by atoms with Gasteiger partial charge < -0.3 is 14.9 Å². The van der Waals surface area contributed by atoms with E-state index in [2.05, 4.69) is 26.8 Å². The summed E-state index contributed by atoms with van der Waals surface area (Å²) in [5.41, 5.74) is 1.95. The second-order valence-corrected chi connectivity index (χ2v) is 7.71. The summed E-state index contributed by atoms with van der Waals surface area (Å²) in [4.78, 5) is 20.0. The van der Waals surface area contributed by atoms with Crippen molar-refractivity contribution in [1.29, 1.82) is 0 Å². The Bertz CT molecular complexity index is 781. The molecule has 2 aromatic carbocycles. The summed E-state index contributed by atoms with van der Waals surface area (Å²) in [5.74, 6) is 0.557. The Hall–Kier alpha value is -2.53. The second-order valence-electron chi connectivity index (χ2n) is 7.71. The fourth-order valence-electron chi connectivity index (χ4n) is 4.38. The molecule has 0 saturated carbocycles. The Morgan fingerprint density at radius 2 is 1.43 bits per heavy atom. The highest BCUT2D eigenvalue weighted by molar-refractivity contribution is 5.83. The topological polar surface area (TPSA) is 47.0 Å². The molecule has 2 heterocycles. The number of hydrogen-bond acceptors (Lipinski definition) is 4. The summed E-state index contributed by atoms with van der Waals surface area (Å²) in [5, 5.41) is 10.2. The van der Waals surface area contributed by atoms with Gasteiger partial charge in [0.1, 0.15) is 11.8 Å². The van der Waals surface area contributed by atoms with Crippen LogP contribution in [0.15, 0.2) is 54.6 Å². The lowest BCUT2D eigenvalue weighted by Gasteiger charge is -2.41. The Morgan fingerprint density at radius 1 is 0.786 bits per heavy atom. The average molecular weight is 380 g/mol. The molecule has 5 nitrogen and oxygen atoms in total. The molecule has 28 heavy (non-hydrogen) atoms. The van der Waals surface area contributed by atoms with Crippen molar-refractivity contribution < 1.29 is 9.90 Å². The third kappa shape index (κ3) is 3.99. The van der Waals surface area contributed by atoms with Crippen molar-refractivity contribution in [2.75, 3.05) is 44.2 Å². The van der Waals surface area contributed by atoms with Gasteiger partial charge in [-0.3, -0.25) is 9.69 Å². The minimum absolute atomic E-state index is 0.217. The maximum atomic E-state index is 13.4. The van der Waals surface area contributed by atoms with Crippen LogP contribution < -0.4 is 4.90 Å². The van der Waals surface area contributed by atoms with E-state index < -0.39 is 0 Å². The number of likely N-dealkylation sites (tertiary alicyclic amines) is 1. The zero-order chi connectivity index (χ0) is 19.3. The molecule has 0 aliphatic carbocycles. The van der Waals surface area contributed by atoms with E-state index in [0.29, 0.717) is 5.75 Å². The Morgan fingerprint density at radius 3 is 2.11 bits per heavy atom. The van der Waals surface area contributed by atoms with Crippen LogP contribution in [0.1, 0.15) is 30.9 Å². The maximum absolute atomic E-state index is 13.4. The standard InChI is InChI=1S/C23H29N3O2/c27-21-12-6-5-11-20(21)24-15-17-25(18-16-24)22(19-9-3-1-4-10-19)23(28)26-13-7-2-8-14-26/h1,3-6,9-12,22,27H,2,7-8,13-18H2. The van der Waals surface area contributed by atoms with Crippen LogP contribution in [0.3, 0.4) is 0 Å². The molecule has 4 rings (SSSR count). The number of anilines is 1. The molecule has 5 heteroatoms. The van der Waals surface area contributed by atoms with Crippen molar-refractivity contribution in [1.82, 2.24) is 9.80 Å². The highest BCUT2D eigenvalue weighted by atomic mass is 16.3.